The highest BCUT2D eigenvalue weighted by Gasteiger charge is 2.48. The molecule has 0 spiro atoms. The molecule has 0 aliphatic carbocycles. The van der Waals surface area contributed by atoms with E-state index in [0.717, 1.165) is 25.2 Å². The van der Waals surface area contributed by atoms with Crippen molar-refractivity contribution >= 4 is 23.2 Å². The lowest BCUT2D eigenvalue weighted by molar-refractivity contribution is -0.0567. The van der Waals surface area contributed by atoms with Crippen LogP contribution in [-0.4, -0.2) is 23.6 Å². The van der Waals surface area contributed by atoms with Gasteiger partial charge < -0.3 is 4.74 Å². The van der Waals surface area contributed by atoms with Gasteiger partial charge in [-0.05, 0) is 24.1 Å². The monoisotopic (exact) mass is 347 g/mol. The number of rotatable bonds is 2. The van der Waals surface area contributed by atoms with E-state index in [4.69, 9.17) is 27.9 Å². The van der Waals surface area contributed by atoms with Crippen LogP contribution in [0.25, 0.3) is 0 Å². The molecule has 0 N–H and O–H groups in total. The molecule has 0 bridgehead atoms. The molecule has 2 atom stereocenters. The fraction of sp³-hybridized carbons (Fsp3) is 0.368. The van der Waals surface area contributed by atoms with Gasteiger partial charge >= 0.3 is 0 Å². The third kappa shape index (κ3) is 2.68. The van der Waals surface area contributed by atoms with E-state index in [0.29, 0.717) is 22.6 Å². The minimum Gasteiger partial charge on any atom is -0.369 e. The third-order valence-electron chi connectivity index (χ3n) is 5.12. The van der Waals surface area contributed by atoms with Gasteiger partial charge in [0.15, 0.2) is 0 Å². The first-order chi connectivity index (χ1) is 11.1. The number of nitrogens with zero attached hydrogens (tertiary/aromatic N) is 1. The maximum absolute atomic E-state index is 6.39. The number of hydrogen-bond acceptors (Lipinski definition) is 2. The lowest BCUT2D eigenvalue weighted by atomic mass is 9.81. The molecule has 2 aliphatic heterocycles. The zero-order valence-electron chi connectivity index (χ0n) is 13.1. The topological polar surface area (TPSA) is 12.5 Å². The molecule has 2 nitrogen and oxygen atoms in total. The lowest BCUT2D eigenvalue weighted by Crippen LogP contribution is -2.40. The van der Waals surface area contributed by atoms with E-state index in [1.54, 1.807) is 0 Å². The van der Waals surface area contributed by atoms with Crippen LogP contribution in [0, 0.1) is 0 Å². The Balaban J connectivity index is 1.63. The molecule has 0 saturated carbocycles. The average molecular weight is 348 g/mol. The quantitative estimate of drug-likeness (QED) is 0.767. The second kappa shape index (κ2) is 5.78. The second-order valence-electron chi connectivity index (χ2n) is 6.74. The van der Waals surface area contributed by atoms with E-state index < -0.39 is 0 Å². The first-order valence-electron chi connectivity index (χ1n) is 7.94. The molecule has 2 heterocycles. The van der Waals surface area contributed by atoms with Crippen molar-refractivity contribution in [2.24, 2.45) is 0 Å². The molecule has 2 aliphatic rings. The number of fused-ring (bicyclic) bond motifs is 3. The minimum atomic E-state index is -0.154. The first kappa shape index (κ1) is 15.5. The van der Waals surface area contributed by atoms with Crippen LogP contribution >= 0.6 is 23.2 Å². The van der Waals surface area contributed by atoms with Crippen LogP contribution in [0.5, 0.6) is 0 Å². The van der Waals surface area contributed by atoms with Crippen molar-refractivity contribution in [3.8, 4) is 0 Å². The molecule has 2 aromatic rings. The Morgan fingerprint density at radius 2 is 1.96 bits per heavy atom. The van der Waals surface area contributed by atoms with Crippen molar-refractivity contribution in [3.05, 3.63) is 69.2 Å². The standard InChI is InChI=1S/C19H19Cl2NO/c1-19-12-22(9-13-5-3-2-4-6-13)10-16(19)14-7-8-17(20)18(21)15(14)11-23-19/h2-8,16H,9-12H2,1H3/t16-,19-/m0/s1. The Kier molecular flexibility index (Phi) is 3.89. The van der Waals surface area contributed by atoms with Gasteiger partial charge in [0, 0.05) is 31.1 Å². The van der Waals surface area contributed by atoms with Crippen LogP contribution in [0.1, 0.15) is 29.5 Å². The molecule has 1 saturated heterocycles. The summed E-state index contributed by atoms with van der Waals surface area (Å²) in [5.74, 6) is 0.338. The van der Waals surface area contributed by atoms with Crippen LogP contribution in [-0.2, 0) is 17.9 Å². The molecule has 23 heavy (non-hydrogen) atoms. The smallest absolute Gasteiger partial charge is 0.0866 e. The molecule has 0 amide bonds. The summed E-state index contributed by atoms with van der Waals surface area (Å²) in [5.41, 5.74) is 3.54. The fourth-order valence-corrected chi connectivity index (χ4v) is 4.33. The number of likely N-dealkylation sites (tertiary alicyclic amines) is 1. The van der Waals surface area contributed by atoms with Gasteiger partial charge in [-0.1, -0.05) is 59.6 Å². The van der Waals surface area contributed by atoms with Crippen LogP contribution in [0.3, 0.4) is 0 Å². The van der Waals surface area contributed by atoms with Gasteiger partial charge in [0.05, 0.1) is 22.3 Å². The number of benzene rings is 2. The third-order valence-corrected chi connectivity index (χ3v) is 5.96. The van der Waals surface area contributed by atoms with Crippen molar-refractivity contribution in [1.82, 2.24) is 4.90 Å². The first-order valence-corrected chi connectivity index (χ1v) is 8.69. The predicted octanol–water partition coefficient (Wildman–Crippen LogP) is 4.88. The van der Waals surface area contributed by atoms with Crippen LogP contribution in [0.4, 0.5) is 0 Å². The van der Waals surface area contributed by atoms with Gasteiger partial charge in [0.2, 0.25) is 0 Å². The van der Waals surface area contributed by atoms with Crippen molar-refractivity contribution in [1.29, 1.82) is 0 Å². The van der Waals surface area contributed by atoms with E-state index in [1.807, 2.05) is 6.07 Å². The number of hydrogen-bond donors (Lipinski definition) is 0. The maximum Gasteiger partial charge on any atom is 0.0866 e. The van der Waals surface area contributed by atoms with E-state index in [2.05, 4.69) is 48.2 Å². The van der Waals surface area contributed by atoms with Gasteiger partial charge in [-0.15, -0.1) is 0 Å². The van der Waals surface area contributed by atoms with E-state index in [-0.39, 0.29) is 5.60 Å². The zero-order valence-corrected chi connectivity index (χ0v) is 14.6. The van der Waals surface area contributed by atoms with Gasteiger partial charge in [-0.2, -0.15) is 0 Å². The van der Waals surface area contributed by atoms with Gasteiger partial charge in [-0.25, -0.2) is 0 Å². The van der Waals surface area contributed by atoms with Crippen LogP contribution in [0.2, 0.25) is 10.0 Å². The van der Waals surface area contributed by atoms with E-state index >= 15 is 0 Å². The summed E-state index contributed by atoms with van der Waals surface area (Å²) in [4.78, 5) is 2.47. The lowest BCUT2D eigenvalue weighted by Gasteiger charge is -2.37. The molecule has 120 valence electrons. The van der Waals surface area contributed by atoms with Crippen LogP contribution < -0.4 is 0 Å². The molecule has 2 aromatic carbocycles. The molecule has 4 rings (SSSR count). The van der Waals surface area contributed by atoms with E-state index in [9.17, 15) is 0 Å². The van der Waals surface area contributed by atoms with Gasteiger partial charge in [0.25, 0.3) is 0 Å². The highest BCUT2D eigenvalue weighted by atomic mass is 35.5. The molecule has 0 aromatic heterocycles. The Bertz CT molecular complexity index is 734. The summed E-state index contributed by atoms with van der Waals surface area (Å²) in [6, 6.07) is 14.6. The second-order valence-corrected chi connectivity index (χ2v) is 7.52. The van der Waals surface area contributed by atoms with Crippen molar-refractivity contribution in [3.63, 3.8) is 0 Å². The summed E-state index contributed by atoms with van der Waals surface area (Å²) < 4.78 is 6.23. The molecular formula is C19H19Cl2NO. The van der Waals surface area contributed by atoms with Gasteiger partial charge in [-0.3, -0.25) is 4.90 Å². The summed E-state index contributed by atoms with van der Waals surface area (Å²) in [6.07, 6.45) is 0. The van der Waals surface area contributed by atoms with Crippen molar-refractivity contribution < 1.29 is 4.74 Å². The zero-order chi connectivity index (χ0) is 16.0. The highest BCUT2D eigenvalue weighted by molar-refractivity contribution is 6.42. The largest absolute Gasteiger partial charge is 0.369 e. The highest BCUT2D eigenvalue weighted by Crippen LogP contribution is 2.47. The molecule has 0 radical (unpaired) electrons. The summed E-state index contributed by atoms with van der Waals surface area (Å²) in [7, 11) is 0. The normalized spacial score (nSPS) is 26.8. The van der Waals surface area contributed by atoms with Crippen molar-refractivity contribution in [2.45, 2.75) is 31.6 Å². The average Bonchev–Trinajstić information content (AvgIpc) is 2.88. The summed E-state index contributed by atoms with van der Waals surface area (Å²) in [5, 5.41) is 1.25. The maximum atomic E-state index is 6.39. The number of halogens is 2. The predicted molar refractivity (Wildman–Crippen MR) is 94.1 cm³/mol. The van der Waals surface area contributed by atoms with Crippen LogP contribution in [0.15, 0.2) is 42.5 Å². The molecular weight excluding hydrogens is 329 g/mol. The Morgan fingerprint density at radius 1 is 1.17 bits per heavy atom. The number of ether oxygens (including phenoxy) is 1. The fourth-order valence-electron chi connectivity index (χ4n) is 3.92. The molecule has 1 fully saturated rings. The summed E-state index contributed by atoms with van der Waals surface area (Å²) >= 11 is 12.5. The minimum absolute atomic E-state index is 0.154. The molecule has 4 heteroatoms. The Morgan fingerprint density at radius 3 is 2.74 bits per heavy atom. The van der Waals surface area contributed by atoms with Crippen molar-refractivity contribution in [2.75, 3.05) is 13.1 Å². The molecule has 0 unspecified atom stereocenters. The Hall–Kier alpha value is -1.06. The SMILES string of the molecule is C[C@]12CN(Cc3ccccc3)C[C@H]1c1ccc(Cl)c(Cl)c1CO2. The summed E-state index contributed by atoms with van der Waals surface area (Å²) in [6.45, 7) is 5.63. The Labute approximate surface area is 147 Å². The van der Waals surface area contributed by atoms with E-state index in [1.165, 1.54) is 11.1 Å². The van der Waals surface area contributed by atoms with Gasteiger partial charge in [0.1, 0.15) is 0 Å².